The quantitative estimate of drug-likeness (QED) is 0.651. The van der Waals surface area contributed by atoms with Crippen molar-refractivity contribution in [1.29, 1.82) is 0 Å². The maximum Gasteiger partial charge on any atom is 0.283 e. The number of fused-ring (bicyclic) bond motifs is 1. The monoisotopic (exact) mass is 375 g/mol. The molecule has 2 aliphatic rings. The number of piperidine rings is 1. The molecule has 1 N–H and O–H groups in total. The van der Waals surface area contributed by atoms with Crippen molar-refractivity contribution in [3.8, 4) is 0 Å². The molecule has 3 rings (SSSR count). The van der Waals surface area contributed by atoms with E-state index in [1.165, 1.54) is 12.8 Å². The van der Waals surface area contributed by atoms with Crippen LogP contribution in [0.3, 0.4) is 0 Å². The Morgan fingerprint density at radius 3 is 3.00 bits per heavy atom. The number of hydrogen-bond acceptors (Lipinski definition) is 4. The summed E-state index contributed by atoms with van der Waals surface area (Å²) in [6.07, 6.45) is 2.44. The van der Waals surface area contributed by atoms with Crippen LogP contribution >= 0.6 is 28.3 Å². The molecule has 5 nitrogen and oxygen atoms in total. The van der Waals surface area contributed by atoms with Crippen molar-refractivity contribution >= 4 is 34.0 Å². The van der Waals surface area contributed by atoms with Crippen LogP contribution in [-0.2, 0) is 6.54 Å². The second kappa shape index (κ2) is 7.05. The molecule has 1 aromatic carbocycles. The van der Waals surface area contributed by atoms with Crippen LogP contribution in [0.4, 0.5) is 5.69 Å². The minimum atomic E-state index is -0.333. The van der Waals surface area contributed by atoms with Gasteiger partial charge in [-0.2, -0.15) is 0 Å². The summed E-state index contributed by atoms with van der Waals surface area (Å²) in [5.74, 6) is 0.745. The van der Waals surface area contributed by atoms with Crippen LogP contribution in [0.5, 0.6) is 0 Å². The predicted octanol–water partition coefficient (Wildman–Crippen LogP) is 2.96. The molecular weight excluding hydrogens is 358 g/mol. The lowest BCUT2D eigenvalue weighted by Gasteiger charge is -2.34. The van der Waals surface area contributed by atoms with E-state index in [2.05, 4.69) is 26.1 Å². The van der Waals surface area contributed by atoms with Crippen LogP contribution in [0.25, 0.3) is 0 Å². The van der Waals surface area contributed by atoms with Crippen LogP contribution in [0, 0.1) is 16.0 Å². The third-order valence-electron chi connectivity index (χ3n) is 4.35. The van der Waals surface area contributed by atoms with Crippen LogP contribution in [0.1, 0.15) is 18.4 Å². The van der Waals surface area contributed by atoms with Gasteiger partial charge in [0.1, 0.15) is 0 Å². The lowest BCUT2D eigenvalue weighted by atomic mass is 9.93. The summed E-state index contributed by atoms with van der Waals surface area (Å²) in [6, 6.07) is 6.11. The summed E-state index contributed by atoms with van der Waals surface area (Å²) in [6.45, 7) is 4.10. The Labute approximate surface area is 138 Å². The molecule has 2 unspecified atom stereocenters. The Kier molecular flexibility index (Phi) is 5.60. The molecular formula is C14H19BrClN3O2. The van der Waals surface area contributed by atoms with Crippen molar-refractivity contribution in [3.63, 3.8) is 0 Å². The maximum atomic E-state index is 11.0. The highest BCUT2D eigenvalue weighted by Crippen LogP contribution is 2.28. The number of nitrogens with zero attached hydrogens (tertiary/aromatic N) is 2. The molecule has 2 atom stereocenters. The van der Waals surface area contributed by atoms with Gasteiger partial charge in [-0.15, -0.1) is 12.4 Å². The first-order chi connectivity index (χ1) is 9.63. The number of nitrogens with one attached hydrogen (secondary N) is 1. The molecule has 0 bridgehead atoms. The van der Waals surface area contributed by atoms with Gasteiger partial charge in [0.05, 0.1) is 9.40 Å². The molecule has 0 amide bonds. The van der Waals surface area contributed by atoms with E-state index in [-0.39, 0.29) is 23.0 Å². The van der Waals surface area contributed by atoms with Crippen molar-refractivity contribution in [2.45, 2.75) is 25.4 Å². The summed E-state index contributed by atoms with van der Waals surface area (Å²) in [4.78, 5) is 13.1. The highest BCUT2D eigenvalue weighted by molar-refractivity contribution is 9.10. The van der Waals surface area contributed by atoms with Crippen molar-refractivity contribution in [2.24, 2.45) is 5.92 Å². The summed E-state index contributed by atoms with van der Waals surface area (Å²) >= 11 is 3.23. The molecule has 0 aliphatic carbocycles. The van der Waals surface area contributed by atoms with Crippen molar-refractivity contribution in [1.82, 2.24) is 10.2 Å². The van der Waals surface area contributed by atoms with E-state index >= 15 is 0 Å². The summed E-state index contributed by atoms with van der Waals surface area (Å²) in [7, 11) is 0. The molecule has 2 saturated heterocycles. The number of benzene rings is 1. The average Bonchev–Trinajstić information content (AvgIpc) is 2.88. The number of nitro groups is 1. The van der Waals surface area contributed by atoms with E-state index in [9.17, 15) is 10.1 Å². The van der Waals surface area contributed by atoms with E-state index in [1.807, 2.05) is 6.07 Å². The number of likely N-dealkylation sites (tertiary alicyclic amines) is 1. The van der Waals surface area contributed by atoms with E-state index in [1.54, 1.807) is 12.1 Å². The van der Waals surface area contributed by atoms with Crippen LogP contribution < -0.4 is 5.32 Å². The molecule has 0 saturated carbocycles. The van der Waals surface area contributed by atoms with Gasteiger partial charge in [0.2, 0.25) is 0 Å². The largest absolute Gasteiger partial charge is 0.314 e. The standard InChI is InChI=1S/C14H18BrN3O2.ClH/c15-12-2-1-10(7-14(12)18(19)20)8-17-6-4-13-11(9-17)3-5-16-13;/h1-2,7,11,13,16H,3-6,8-9H2;1H. The number of rotatable bonds is 3. The maximum absolute atomic E-state index is 11.0. The van der Waals surface area contributed by atoms with Gasteiger partial charge in [0.25, 0.3) is 5.69 Å². The third-order valence-corrected chi connectivity index (χ3v) is 5.02. The van der Waals surface area contributed by atoms with Gasteiger partial charge in [-0.3, -0.25) is 15.0 Å². The van der Waals surface area contributed by atoms with Crippen LogP contribution in [0.2, 0.25) is 0 Å². The van der Waals surface area contributed by atoms with Crippen molar-refractivity contribution in [3.05, 3.63) is 38.3 Å². The van der Waals surface area contributed by atoms with Gasteiger partial charge in [-0.25, -0.2) is 0 Å². The fraction of sp³-hybridized carbons (Fsp3) is 0.571. The zero-order valence-corrected chi connectivity index (χ0v) is 14.0. The van der Waals surface area contributed by atoms with Gasteiger partial charge < -0.3 is 5.32 Å². The van der Waals surface area contributed by atoms with E-state index in [0.717, 1.165) is 37.7 Å². The summed E-state index contributed by atoms with van der Waals surface area (Å²) in [5, 5.41) is 14.5. The summed E-state index contributed by atoms with van der Waals surface area (Å²) in [5.41, 5.74) is 1.17. The minimum Gasteiger partial charge on any atom is -0.314 e. The number of hydrogen-bond donors (Lipinski definition) is 1. The van der Waals surface area contributed by atoms with Gasteiger partial charge in [-0.1, -0.05) is 6.07 Å². The highest BCUT2D eigenvalue weighted by Gasteiger charge is 2.32. The fourth-order valence-electron chi connectivity index (χ4n) is 3.32. The lowest BCUT2D eigenvalue weighted by molar-refractivity contribution is -0.385. The Hall–Kier alpha value is -0.690. The van der Waals surface area contributed by atoms with Gasteiger partial charge in [-0.05, 0) is 59.4 Å². The first-order valence-electron chi connectivity index (χ1n) is 7.02. The molecule has 2 heterocycles. The van der Waals surface area contributed by atoms with Gasteiger partial charge in [0, 0.05) is 25.2 Å². The predicted molar refractivity (Wildman–Crippen MR) is 87.8 cm³/mol. The first-order valence-corrected chi connectivity index (χ1v) is 7.81. The Morgan fingerprint density at radius 1 is 1.43 bits per heavy atom. The highest BCUT2D eigenvalue weighted by atomic mass is 79.9. The average molecular weight is 377 g/mol. The van der Waals surface area contributed by atoms with Crippen molar-refractivity contribution < 1.29 is 4.92 Å². The molecule has 0 radical (unpaired) electrons. The van der Waals surface area contributed by atoms with E-state index < -0.39 is 0 Å². The molecule has 2 aliphatic heterocycles. The zero-order chi connectivity index (χ0) is 14.1. The Balaban J connectivity index is 0.00000161. The topological polar surface area (TPSA) is 58.4 Å². The van der Waals surface area contributed by atoms with Gasteiger partial charge >= 0.3 is 0 Å². The van der Waals surface area contributed by atoms with E-state index in [0.29, 0.717) is 10.5 Å². The van der Waals surface area contributed by atoms with Gasteiger partial charge in [0.15, 0.2) is 0 Å². The smallest absolute Gasteiger partial charge is 0.283 e. The fourth-order valence-corrected chi connectivity index (χ4v) is 3.71. The van der Waals surface area contributed by atoms with Crippen molar-refractivity contribution in [2.75, 3.05) is 19.6 Å². The lowest BCUT2D eigenvalue weighted by Crippen LogP contribution is -2.43. The molecule has 2 fully saturated rings. The SMILES string of the molecule is Cl.O=[N+]([O-])c1cc(CN2CCC3NCCC3C2)ccc1Br. The molecule has 0 spiro atoms. The van der Waals surface area contributed by atoms with E-state index in [4.69, 9.17) is 0 Å². The molecule has 21 heavy (non-hydrogen) atoms. The molecule has 116 valence electrons. The molecule has 1 aromatic rings. The number of nitro benzene ring substituents is 1. The minimum absolute atomic E-state index is 0. The second-order valence-corrected chi connectivity index (χ2v) is 6.53. The van der Waals surface area contributed by atoms with Crippen LogP contribution in [0.15, 0.2) is 22.7 Å². The Bertz CT molecular complexity index is 529. The number of halogens is 2. The second-order valence-electron chi connectivity index (χ2n) is 5.68. The first kappa shape index (κ1) is 16.7. The zero-order valence-electron chi connectivity index (χ0n) is 11.6. The molecule has 0 aromatic heterocycles. The summed E-state index contributed by atoms with van der Waals surface area (Å²) < 4.78 is 0.546. The normalized spacial score (nSPS) is 25.2. The Morgan fingerprint density at radius 2 is 2.24 bits per heavy atom. The molecule has 7 heteroatoms. The van der Waals surface area contributed by atoms with Crippen LogP contribution in [-0.4, -0.2) is 35.5 Å². The third kappa shape index (κ3) is 3.74.